The van der Waals surface area contributed by atoms with E-state index in [0.717, 1.165) is 13.2 Å². The van der Waals surface area contributed by atoms with Crippen LogP contribution in [0.25, 0.3) is 0 Å². The number of hydrogen-bond donors (Lipinski definition) is 1. The van der Waals surface area contributed by atoms with E-state index in [0.29, 0.717) is 12.1 Å². The molecule has 0 aliphatic rings. The quantitative estimate of drug-likeness (QED) is 0.745. The molecule has 0 heterocycles. The maximum atomic E-state index is 5.50. The molecule has 0 radical (unpaired) electrons. The molecule has 16 heavy (non-hydrogen) atoms. The van der Waals surface area contributed by atoms with Gasteiger partial charge in [0.1, 0.15) is 0 Å². The average Bonchev–Trinajstić information content (AvgIpc) is 2.24. The molecule has 0 saturated heterocycles. The molecule has 0 fully saturated rings. The number of hydrogen-bond acceptors (Lipinski definition) is 2. The molecule has 1 N–H and O–H groups in total. The number of aryl methyl sites for hydroxylation is 1. The van der Waals surface area contributed by atoms with Gasteiger partial charge in [-0.05, 0) is 38.8 Å². The summed E-state index contributed by atoms with van der Waals surface area (Å²) in [7, 11) is 0. The van der Waals surface area contributed by atoms with E-state index >= 15 is 0 Å². The van der Waals surface area contributed by atoms with Crippen molar-refractivity contribution < 1.29 is 4.74 Å². The zero-order valence-electron chi connectivity index (χ0n) is 10.8. The molecule has 0 bridgehead atoms. The van der Waals surface area contributed by atoms with Gasteiger partial charge in [0.05, 0.1) is 12.7 Å². The summed E-state index contributed by atoms with van der Waals surface area (Å²) in [6.45, 7) is 10.1. The third-order valence-electron chi connectivity index (χ3n) is 2.66. The first-order valence-corrected chi connectivity index (χ1v) is 6.01. The van der Waals surface area contributed by atoms with Gasteiger partial charge in [0.25, 0.3) is 0 Å². The summed E-state index contributed by atoms with van der Waals surface area (Å²) in [4.78, 5) is 0. The van der Waals surface area contributed by atoms with Gasteiger partial charge < -0.3 is 10.1 Å². The molecule has 0 unspecified atom stereocenters. The monoisotopic (exact) mass is 221 g/mol. The van der Waals surface area contributed by atoms with Crippen molar-refractivity contribution in [1.82, 2.24) is 5.32 Å². The molecule has 0 saturated carbocycles. The zero-order valence-corrected chi connectivity index (χ0v) is 10.8. The Morgan fingerprint density at radius 1 is 1.19 bits per heavy atom. The van der Waals surface area contributed by atoms with E-state index in [2.05, 4.69) is 57.3 Å². The highest BCUT2D eigenvalue weighted by atomic mass is 16.5. The van der Waals surface area contributed by atoms with Gasteiger partial charge in [-0.3, -0.25) is 0 Å². The van der Waals surface area contributed by atoms with E-state index in [-0.39, 0.29) is 0 Å². The second kappa shape index (κ2) is 6.66. The fourth-order valence-electron chi connectivity index (χ4n) is 1.75. The summed E-state index contributed by atoms with van der Waals surface area (Å²) in [6.07, 6.45) is 0.315. The van der Waals surface area contributed by atoms with E-state index in [9.17, 15) is 0 Å². The predicted molar refractivity (Wildman–Crippen MR) is 68.7 cm³/mol. The molecule has 1 rings (SSSR count). The minimum Gasteiger partial charge on any atom is -0.377 e. The molecule has 0 aromatic heterocycles. The lowest BCUT2D eigenvalue weighted by Gasteiger charge is -2.17. The highest BCUT2D eigenvalue weighted by Crippen LogP contribution is 2.16. The van der Waals surface area contributed by atoms with Crippen LogP contribution in [-0.4, -0.2) is 19.3 Å². The Morgan fingerprint density at radius 3 is 2.50 bits per heavy atom. The molecule has 0 aliphatic carbocycles. The van der Waals surface area contributed by atoms with Crippen LogP contribution in [0.15, 0.2) is 24.3 Å². The first-order valence-electron chi connectivity index (χ1n) is 6.01. The van der Waals surface area contributed by atoms with Crippen LogP contribution >= 0.6 is 0 Å². The molecule has 1 atom stereocenters. The summed E-state index contributed by atoms with van der Waals surface area (Å²) in [5.41, 5.74) is 2.71. The molecule has 90 valence electrons. The van der Waals surface area contributed by atoms with Crippen molar-refractivity contribution in [3.05, 3.63) is 35.4 Å². The molecule has 0 aliphatic heterocycles. The number of nitrogens with one attached hydrogen (secondary N) is 1. The van der Waals surface area contributed by atoms with Crippen LogP contribution in [0.4, 0.5) is 0 Å². The molecule has 2 nitrogen and oxygen atoms in total. The van der Waals surface area contributed by atoms with Crippen molar-refractivity contribution in [1.29, 1.82) is 0 Å². The molecule has 2 heteroatoms. The predicted octanol–water partition coefficient (Wildman–Crippen LogP) is 3.07. The highest BCUT2D eigenvalue weighted by molar-refractivity contribution is 5.28. The third-order valence-corrected chi connectivity index (χ3v) is 2.66. The molecule has 0 spiro atoms. The first kappa shape index (κ1) is 13.2. The van der Waals surface area contributed by atoms with Crippen molar-refractivity contribution in [3.63, 3.8) is 0 Å². The topological polar surface area (TPSA) is 21.3 Å². The molecule has 0 amide bonds. The highest BCUT2D eigenvalue weighted by Gasteiger charge is 2.06. The van der Waals surface area contributed by atoms with Crippen LogP contribution in [0, 0.1) is 6.92 Å². The van der Waals surface area contributed by atoms with Crippen LogP contribution in [0.2, 0.25) is 0 Å². The summed E-state index contributed by atoms with van der Waals surface area (Å²) in [5.74, 6) is 0. The van der Waals surface area contributed by atoms with Gasteiger partial charge in [0, 0.05) is 12.6 Å². The Kier molecular flexibility index (Phi) is 5.50. The number of benzene rings is 1. The van der Waals surface area contributed by atoms with Gasteiger partial charge in [-0.1, -0.05) is 24.3 Å². The molecular weight excluding hydrogens is 198 g/mol. The Bertz CT molecular complexity index is 309. The van der Waals surface area contributed by atoms with Gasteiger partial charge in [-0.25, -0.2) is 0 Å². The smallest absolute Gasteiger partial charge is 0.0594 e. The molecular formula is C14H23NO. The van der Waals surface area contributed by atoms with Crippen LogP contribution in [0.3, 0.4) is 0 Å². The van der Waals surface area contributed by atoms with Gasteiger partial charge >= 0.3 is 0 Å². The third kappa shape index (κ3) is 4.33. The first-order chi connectivity index (χ1) is 7.61. The Labute approximate surface area is 99.0 Å². The maximum Gasteiger partial charge on any atom is 0.0594 e. The molecule has 1 aromatic carbocycles. The number of rotatable bonds is 6. The van der Waals surface area contributed by atoms with Crippen molar-refractivity contribution in [2.75, 3.05) is 13.2 Å². The Hall–Kier alpha value is -0.860. The maximum absolute atomic E-state index is 5.50. The Balaban J connectivity index is 2.35. The van der Waals surface area contributed by atoms with E-state index in [1.807, 2.05) is 0 Å². The van der Waals surface area contributed by atoms with Crippen LogP contribution in [-0.2, 0) is 4.74 Å². The number of ether oxygens (including phenoxy) is 1. The lowest BCUT2D eigenvalue weighted by molar-refractivity contribution is 0.0796. The minimum atomic E-state index is 0.315. The van der Waals surface area contributed by atoms with E-state index in [1.165, 1.54) is 11.1 Å². The van der Waals surface area contributed by atoms with Crippen LogP contribution in [0.1, 0.15) is 37.9 Å². The van der Waals surface area contributed by atoms with E-state index in [4.69, 9.17) is 4.74 Å². The van der Waals surface area contributed by atoms with E-state index in [1.54, 1.807) is 0 Å². The second-order valence-electron chi connectivity index (χ2n) is 4.45. The van der Waals surface area contributed by atoms with Crippen molar-refractivity contribution in [2.45, 2.75) is 39.8 Å². The summed E-state index contributed by atoms with van der Waals surface area (Å²) in [5, 5.41) is 3.47. The largest absolute Gasteiger partial charge is 0.377 e. The van der Waals surface area contributed by atoms with Crippen LogP contribution < -0.4 is 5.32 Å². The SMILES string of the molecule is Cc1ccccc1[C@H](C)NCCOC(C)C. The van der Waals surface area contributed by atoms with E-state index < -0.39 is 0 Å². The summed E-state index contributed by atoms with van der Waals surface area (Å²) < 4.78 is 5.50. The summed E-state index contributed by atoms with van der Waals surface area (Å²) in [6, 6.07) is 8.88. The minimum absolute atomic E-state index is 0.315. The summed E-state index contributed by atoms with van der Waals surface area (Å²) >= 11 is 0. The fraction of sp³-hybridized carbons (Fsp3) is 0.571. The van der Waals surface area contributed by atoms with Crippen molar-refractivity contribution >= 4 is 0 Å². The standard InChI is InChI=1S/C14H23NO/c1-11(2)16-10-9-15-13(4)14-8-6-5-7-12(14)3/h5-8,11,13,15H,9-10H2,1-4H3/t13-/m0/s1. The van der Waals surface area contributed by atoms with Gasteiger partial charge in [-0.15, -0.1) is 0 Å². The van der Waals surface area contributed by atoms with Gasteiger partial charge in [0.2, 0.25) is 0 Å². The van der Waals surface area contributed by atoms with Gasteiger partial charge in [0.15, 0.2) is 0 Å². The fourth-order valence-corrected chi connectivity index (χ4v) is 1.75. The van der Waals surface area contributed by atoms with Gasteiger partial charge in [-0.2, -0.15) is 0 Å². The lowest BCUT2D eigenvalue weighted by Crippen LogP contribution is -2.24. The van der Waals surface area contributed by atoms with Crippen molar-refractivity contribution in [3.8, 4) is 0 Å². The van der Waals surface area contributed by atoms with Crippen molar-refractivity contribution in [2.24, 2.45) is 0 Å². The van der Waals surface area contributed by atoms with Crippen LogP contribution in [0.5, 0.6) is 0 Å². The molecule has 1 aromatic rings. The second-order valence-corrected chi connectivity index (χ2v) is 4.45. The Morgan fingerprint density at radius 2 is 1.88 bits per heavy atom. The zero-order chi connectivity index (χ0) is 12.0. The normalized spacial score (nSPS) is 13.1. The average molecular weight is 221 g/mol. The lowest BCUT2D eigenvalue weighted by atomic mass is 10.0.